The molecule has 0 aromatic heterocycles. The van der Waals surface area contributed by atoms with Gasteiger partial charge in [0.2, 0.25) is 0 Å². The molecule has 0 rings (SSSR count). The van der Waals surface area contributed by atoms with Gasteiger partial charge in [-0.2, -0.15) is 0 Å². The first-order valence-electron chi connectivity index (χ1n) is 2.90. The molecule has 0 saturated heterocycles. The van der Waals surface area contributed by atoms with Crippen LogP contribution in [0.15, 0.2) is 12.7 Å². The fraction of sp³-hybridized carbons (Fsp3) is 0.714. The molecule has 0 heterocycles. The van der Waals surface area contributed by atoms with Gasteiger partial charge in [-0.1, -0.05) is 6.08 Å². The molecule has 0 amide bonds. The van der Waals surface area contributed by atoms with Gasteiger partial charge in [-0.05, 0) is 20.8 Å². The number of ether oxygens (including phenoxy) is 1. The molecule has 0 N–H and O–H groups in total. The van der Waals surface area contributed by atoms with Crippen LogP contribution in [0.4, 0.5) is 0 Å². The molecular formula is C7H14O. The first-order chi connectivity index (χ1) is 3.62. The Balaban J connectivity index is 3.53. The van der Waals surface area contributed by atoms with Crippen molar-refractivity contribution < 1.29 is 4.74 Å². The summed E-state index contributed by atoms with van der Waals surface area (Å²) in [5.74, 6) is 0. The topological polar surface area (TPSA) is 9.23 Å². The van der Waals surface area contributed by atoms with Gasteiger partial charge in [0.15, 0.2) is 0 Å². The molecule has 0 bridgehead atoms. The lowest BCUT2D eigenvalue weighted by Gasteiger charge is -2.18. The van der Waals surface area contributed by atoms with E-state index in [2.05, 4.69) is 6.58 Å². The lowest BCUT2D eigenvalue weighted by atomic mass is 10.1. The molecule has 0 aromatic carbocycles. The summed E-state index contributed by atoms with van der Waals surface area (Å²) in [6.45, 7) is 10.3. The Kier molecular flexibility index (Phi) is 2.77. The second-order valence-electron chi connectivity index (χ2n) is 2.24. The summed E-state index contributed by atoms with van der Waals surface area (Å²) in [5.41, 5.74) is -0.144. The van der Waals surface area contributed by atoms with E-state index in [0.717, 1.165) is 6.61 Å². The van der Waals surface area contributed by atoms with Gasteiger partial charge in [-0.3, -0.25) is 0 Å². The largest absolute Gasteiger partial charge is 0.372 e. The maximum absolute atomic E-state index is 5.26. The van der Waals surface area contributed by atoms with Crippen LogP contribution in [-0.2, 0) is 4.74 Å². The molecule has 0 radical (unpaired) electrons. The van der Waals surface area contributed by atoms with E-state index in [-0.39, 0.29) is 5.60 Å². The van der Waals surface area contributed by atoms with Gasteiger partial charge in [0.1, 0.15) is 0 Å². The van der Waals surface area contributed by atoms with Crippen LogP contribution in [0.3, 0.4) is 0 Å². The lowest BCUT2D eigenvalue weighted by Crippen LogP contribution is -2.20. The van der Waals surface area contributed by atoms with E-state index < -0.39 is 0 Å². The first kappa shape index (κ1) is 7.70. The fourth-order valence-electron chi connectivity index (χ4n) is 0.431. The Hall–Kier alpha value is -0.300. The van der Waals surface area contributed by atoms with E-state index in [1.165, 1.54) is 0 Å². The average molecular weight is 114 g/mol. The fourth-order valence-corrected chi connectivity index (χ4v) is 0.431. The molecular weight excluding hydrogens is 100 g/mol. The van der Waals surface area contributed by atoms with Crippen LogP contribution in [-0.4, -0.2) is 12.2 Å². The van der Waals surface area contributed by atoms with Gasteiger partial charge in [-0.25, -0.2) is 0 Å². The number of hydrogen-bond donors (Lipinski definition) is 0. The van der Waals surface area contributed by atoms with E-state index in [0.29, 0.717) is 0 Å². The third-order valence-corrected chi connectivity index (χ3v) is 1.01. The molecule has 0 spiro atoms. The van der Waals surface area contributed by atoms with Crippen LogP contribution < -0.4 is 0 Å². The second-order valence-corrected chi connectivity index (χ2v) is 2.24. The Morgan fingerprint density at radius 2 is 2.12 bits per heavy atom. The van der Waals surface area contributed by atoms with Crippen LogP contribution >= 0.6 is 0 Å². The van der Waals surface area contributed by atoms with Gasteiger partial charge in [0, 0.05) is 6.61 Å². The van der Waals surface area contributed by atoms with Gasteiger partial charge < -0.3 is 4.74 Å². The standard InChI is InChI=1S/C7H14O/c1-5-7(3,4)8-6-2/h5H,1,6H2,2-4H3. The van der Waals surface area contributed by atoms with Crippen molar-refractivity contribution in [2.24, 2.45) is 0 Å². The molecule has 0 aliphatic rings. The molecule has 0 aliphatic heterocycles. The number of rotatable bonds is 3. The van der Waals surface area contributed by atoms with Crippen LogP contribution in [0, 0.1) is 0 Å². The minimum atomic E-state index is -0.144. The van der Waals surface area contributed by atoms with Gasteiger partial charge in [0.25, 0.3) is 0 Å². The van der Waals surface area contributed by atoms with Crippen LogP contribution in [0.2, 0.25) is 0 Å². The van der Waals surface area contributed by atoms with Gasteiger partial charge >= 0.3 is 0 Å². The Labute approximate surface area is 51.4 Å². The zero-order valence-electron chi connectivity index (χ0n) is 5.90. The summed E-state index contributed by atoms with van der Waals surface area (Å²) >= 11 is 0. The molecule has 0 atom stereocenters. The predicted octanol–water partition coefficient (Wildman–Crippen LogP) is 1.99. The van der Waals surface area contributed by atoms with Crippen molar-refractivity contribution in [1.82, 2.24) is 0 Å². The zero-order chi connectivity index (χ0) is 6.62. The predicted molar refractivity (Wildman–Crippen MR) is 35.9 cm³/mol. The summed E-state index contributed by atoms with van der Waals surface area (Å²) in [6.07, 6.45) is 1.80. The molecule has 0 aliphatic carbocycles. The third kappa shape index (κ3) is 2.80. The van der Waals surface area contributed by atoms with Crippen LogP contribution in [0.5, 0.6) is 0 Å². The normalized spacial score (nSPS) is 11.4. The van der Waals surface area contributed by atoms with Crippen LogP contribution in [0.1, 0.15) is 20.8 Å². The Morgan fingerprint density at radius 3 is 2.25 bits per heavy atom. The molecule has 0 fully saturated rings. The summed E-state index contributed by atoms with van der Waals surface area (Å²) in [6, 6.07) is 0. The van der Waals surface area contributed by atoms with Crippen molar-refractivity contribution in [3.05, 3.63) is 12.7 Å². The Morgan fingerprint density at radius 1 is 1.62 bits per heavy atom. The third-order valence-electron chi connectivity index (χ3n) is 1.01. The Bertz CT molecular complexity index is 74.5. The molecule has 48 valence electrons. The van der Waals surface area contributed by atoms with E-state index in [1.54, 1.807) is 6.08 Å². The van der Waals surface area contributed by atoms with Crippen molar-refractivity contribution >= 4 is 0 Å². The molecule has 0 unspecified atom stereocenters. The lowest BCUT2D eigenvalue weighted by molar-refractivity contribution is 0.0288. The molecule has 1 heteroatoms. The summed E-state index contributed by atoms with van der Waals surface area (Å²) in [4.78, 5) is 0. The van der Waals surface area contributed by atoms with Crippen molar-refractivity contribution in [1.29, 1.82) is 0 Å². The van der Waals surface area contributed by atoms with Crippen LogP contribution in [0.25, 0.3) is 0 Å². The molecule has 0 aromatic rings. The smallest absolute Gasteiger partial charge is 0.0803 e. The second kappa shape index (κ2) is 2.88. The molecule has 1 nitrogen and oxygen atoms in total. The monoisotopic (exact) mass is 114 g/mol. The van der Waals surface area contributed by atoms with Crippen molar-refractivity contribution in [2.75, 3.05) is 6.61 Å². The van der Waals surface area contributed by atoms with E-state index in [1.807, 2.05) is 20.8 Å². The van der Waals surface area contributed by atoms with E-state index in [9.17, 15) is 0 Å². The maximum Gasteiger partial charge on any atom is 0.0803 e. The quantitative estimate of drug-likeness (QED) is 0.510. The highest BCUT2D eigenvalue weighted by molar-refractivity contribution is 4.88. The van der Waals surface area contributed by atoms with Gasteiger partial charge in [0.05, 0.1) is 5.60 Å². The van der Waals surface area contributed by atoms with Crippen molar-refractivity contribution in [3.8, 4) is 0 Å². The zero-order valence-corrected chi connectivity index (χ0v) is 5.90. The average Bonchev–Trinajstić information content (AvgIpc) is 1.67. The highest BCUT2D eigenvalue weighted by Crippen LogP contribution is 2.08. The summed E-state index contributed by atoms with van der Waals surface area (Å²) in [5, 5.41) is 0. The minimum absolute atomic E-state index is 0.144. The van der Waals surface area contributed by atoms with E-state index in [4.69, 9.17) is 4.74 Å². The number of hydrogen-bond acceptors (Lipinski definition) is 1. The molecule has 0 saturated carbocycles. The van der Waals surface area contributed by atoms with Crippen molar-refractivity contribution in [2.45, 2.75) is 26.4 Å². The first-order valence-corrected chi connectivity index (χ1v) is 2.90. The maximum atomic E-state index is 5.26. The highest BCUT2D eigenvalue weighted by atomic mass is 16.5. The highest BCUT2D eigenvalue weighted by Gasteiger charge is 2.09. The minimum Gasteiger partial charge on any atom is -0.372 e. The summed E-state index contributed by atoms with van der Waals surface area (Å²) in [7, 11) is 0. The SMILES string of the molecule is C=CC(C)(C)OCC. The van der Waals surface area contributed by atoms with E-state index >= 15 is 0 Å². The molecule has 8 heavy (non-hydrogen) atoms. The van der Waals surface area contributed by atoms with Gasteiger partial charge in [-0.15, -0.1) is 6.58 Å². The summed E-state index contributed by atoms with van der Waals surface area (Å²) < 4.78 is 5.26. The van der Waals surface area contributed by atoms with Crippen molar-refractivity contribution in [3.63, 3.8) is 0 Å².